The van der Waals surface area contributed by atoms with E-state index in [9.17, 15) is 35.1 Å². The topological polar surface area (TPSA) is 166 Å². The minimum Gasteiger partial charge on any atom is -0.394 e. The molecule has 1 aliphatic rings. The summed E-state index contributed by atoms with van der Waals surface area (Å²) in [6.07, 6.45) is 71.0. The molecule has 0 aromatic heterocycles. The molecule has 0 spiro atoms. The molecular formula is C74H143NO9. The van der Waals surface area contributed by atoms with Crippen LogP contribution in [0.25, 0.3) is 0 Å². The highest BCUT2D eigenvalue weighted by Crippen LogP contribution is 2.24. The van der Waals surface area contributed by atoms with Crippen LogP contribution in [0.5, 0.6) is 0 Å². The van der Waals surface area contributed by atoms with Crippen LogP contribution < -0.4 is 5.32 Å². The summed E-state index contributed by atoms with van der Waals surface area (Å²) in [5, 5.41) is 54.6. The first kappa shape index (κ1) is 80.6. The third-order valence-electron chi connectivity index (χ3n) is 18.3. The molecule has 0 aromatic rings. The molecule has 0 bridgehead atoms. The van der Waals surface area contributed by atoms with Gasteiger partial charge < -0.3 is 40.3 Å². The van der Waals surface area contributed by atoms with Crippen LogP contribution in [0.3, 0.4) is 0 Å². The summed E-state index contributed by atoms with van der Waals surface area (Å²) < 4.78 is 11.3. The number of rotatable bonds is 67. The first-order valence-electron chi connectivity index (χ1n) is 37.3. The van der Waals surface area contributed by atoms with Crippen molar-refractivity contribution < 1.29 is 44.6 Å². The van der Waals surface area contributed by atoms with Gasteiger partial charge in [0, 0.05) is 19.3 Å². The highest BCUT2D eigenvalue weighted by Gasteiger charge is 2.44. The van der Waals surface area contributed by atoms with E-state index in [-0.39, 0.29) is 12.5 Å². The lowest BCUT2D eigenvalue weighted by Gasteiger charge is -2.40. The first-order chi connectivity index (χ1) is 41.2. The minimum atomic E-state index is -1.57. The quantitative estimate of drug-likeness (QED) is 0.0257. The third-order valence-corrected chi connectivity index (χ3v) is 18.3. The molecule has 0 aromatic carbocycles. The molecular weight excluding hydrogens is 1050 g/mol. The maximum atomic E-state index is 13.1. The lowest BCUT2D eigenvalue weighted by Crippen LogP contribution is -2.60. The minimum absolute atomic E-state index is 0.173. The number of carbonyl (C=O) groups is 2. The molecule has 0 saturated carbocycles. The summed E-state index contributed by atoms with van der Waals surface area (Å²) in [4.78, 5) is 25.4. The molecule has 1 rings (SSSR count). The van der Waals surface area contributed by atoms with Crippen LogP contribution in [-0.2, 0) is 19.1 Å². The second kappa shape index (κ2) is 63.2. The number of amides is 1. The Morgan fingerprint density at radius 3 is 1.00 bits per heavy atom. The van der Waals surface area contributed by atoms with E-state index < -0.39 is 49.5 Å². The van der Waals surface area contributed by atoms with Gasteiger partial charge in [-0.1, -0.05) is 353 Å². The van der Waals surface area contributed by atoms with E-state index in [1.54, 1.807) is 6.08 Å². The maximum absolute atomic E-state index is 13.1. The number of nitrogens with one attached hydrogen (secondary N) is 1. The van der Waals surface area contributed by atoms with Crippen LogP contribution in [0.15, 0.2) is 12.2 Å². The lowest BCUT2D eigenvalue weighted by molar-refractivity contribution is -0.302. The fraction of sp³-hybridized carbons (Fsp3) is 0.946. The Balaban J connectivity index is 1.97. The van der Waals surface area contributed by atoms with E-state index >= 15 is 0 Å². The zero-order valence-corrected chi connectivity index (χ0v) is 55.7. The molecule has 0 aliphatic carbocycles. The van der Waals surface area contributed by atoms with E-state index in [0.29, 0.717) is 12.2 Å². The average Bonchev–Trinajstić information content (AvgIpc) is 3.67. The predicted molar refractivity (Wildman–Crippen MR) is 356 cm³/mol. The second-order valence-corrected chi connectivity index (χ2v) is 26.4. The summed E-state index contributed by atoms with van der Waals surface area (Å²) in [6.45, 7) is 3.80. The summed E-state index contributed by atoms with van der Waals surface area (Å²) in [6, 6.07) is -0.806. The van der Waals surface area contributed by atoms with Crippen LogP contribution in [0.1, 0.15) is 393 Å². The maximum Gasteiger partial charge on any atom is 0.220 e. The first-order valence-corrected chi connectivity index (χ1v) is 37.3. The fourth-order valence-electron chi connectivity index (χ4n) is 12.4. The average molecular weight is 1190 g/mol. The Morgan fingerprint density at radius 1 is 0.405 bits per heavy atom. The van der Waals surface area contributed by atoms with Crippen molar-refractivity contribution in [2.45, 2.75) is 436 Å². The van der Waals surface area contributed by atoms with Crippen LogP contribution >= 0.6 is 0 Å². The Morgan fingerprint density at radius 2 is 0.690 bits per heavy atom. The standard InChI is InChI=1S/C74H143NO9/c1-3-5-7-9-11-13-15-17-32-36-40-44-48-52-56-60-66(77)61-57-53-49-45-41-37-34-30-28-26-24-22-20-19-21-23-25-27-29-31-35-39-43-47-51-55-59-63-70(79)75-67(65-83-74-73(82)72(81)71(80)69(64-76)84-74)68(78)62-58-54-50-46-42-38-33-18-16-14-12-10-8-6-4-2/h58,62,67-69,71-74,76,78,80-82H,3-57,59-61,63-65H2,1-2H3,(H,75,79)/b62-58+/t67-,68+,69+,71+,72-,73+,74+/m0/s1. The van der Waals surface area contributed by atoms with Crippen LogP contribution in [0.4, 0.5) is 0 Å². The molecule has 1 amide bonds. The normalized spacial score (nSPS) is 18.1. The van der Waals surface area contributed by atoms with Gasteiger partial charge in [-0.3, -0.25) is 9.59 Å². The predicted octanol–water partition coefficient (Wildman–Crippen LogP) is 19.8. The molecule has 10 heteroatoms. The van der Waals surface area contributed by atoms with Gasteiger partial charge in [-0.05, 0) is 32.1 Å². The van der Waals surface area contributed by atoms with Crippen molar-refractivity contribution in [3.8, 4) is 0 Å². The number of unbranched alkanes of at least 4 members (excludes halogenated alkanes) is 53. The summed E-state index contributed by atoms with van der Waals surface area (Å²) in [5.41, 5.74) is 0. The van der Waals surface area contributed by atoms with E-state index in [4.69, 9.17) is 9.47 Å². The number of aliphatic hydroxyl groups excluding tert-OH is 5. The largest absolute Gasteiger partial charge is 0.394 e. The Bertz CT molecular complexity index is 1400. The van der Waals surface area contributed by atoms with Crippen molar-refractivity contribution in [2.75, 3.05) is 13.2 Å². The number of carbonyl (C=O) groups excluding carboxylic acids is 2. The van der Waals surface area contributed by atoms with Crippen molar-refractivity contribution in [2.24, 2.45) is 0 Å². The number of ether oxygens (including phenoxy) is 2. The van der Waals surface area contributed by atoms with Gasteiger partial charge in [-0.25, -0.2) is 0 Å². The fourth-order valence-corrected chi connectivity index (χ4v) is 12.4. The van der Waals surface area contributed by atoms with E-state index in [1.165, 1.54) is 308 Å². The number of hydrogen-bond acceptors (Lipinski definition) is 9. The van der Waals surface area contributed by atoms with E-state index in [1.807, 2.05) is 6.08 Å². The molecule has 7 atom stereocenters. The number of allylic oxidation sites excluding steroid dienone is 1. The molecule has 0 unspecified atom stereocenters. The summed E-state index contributed by atoms with van der Waals surface area (Å²) >= 11 is 0. The molecule has 1 aliphatic heterocycles. The van der Waals surface area contributed by atoms with Gasteiger partial charge in [0.1, 0.15) is 30.2 Å². The van der Waals surface area contributed by atoms with Crippen molar-refractivity contribution in [3.05, 3.63) is 12.2 Å². The zero-order chi connectivity index (χ0) is 60.9. The van der Waals surface area contributed by atoms with Gasteiger partial charge in [-0.2, -0.15) is 0 Å². The Hall–Kier alpha value is -1.40. The molecule has 1 saturated heterocycles. The SMILES string of the molecule is CCCCCCCCCCCCCCC/C=C/[C@@H](O)[C@H](CO[C@@H]1O[C@H](CO)[C@@H](O)[C@H](O)[C@H]1O)NC(=O)CCCCCCCCCCCCCCCCCCCCCCCCCCCCCC(=O)CCCCCCCCCCCCCCCCC. The summed E-state index contributed by atoms with van der Waals surface area (Å²) in [7, 11) is 0. The second-order valence-electron chi connectivity index (χ2n) is 26.4. The van der Waals surface area contributed by atoms with Gasteiger partial charge in [0.25, 0.3) is 0 Å². The van der Waals surface area contributed by atoms with Crippen LogP contribution in [0.2, 0.25) is 0 Å². The van der Waals surface area contributed by atoms with Gasteiger partial charge in [0.15, 0.2) is 6.29 Å². The molecule has 84 heavy (non-hydrogen) atoms. The van der Waals surface area contributed by atoms with Gasteiger partial charge in [-0.15, -0.1) is 0 Å². The van der Waals surface area contributed by atoms with E-state index in [0.717, 1.165) is 64.2 Å². The molecule has 1 heterocycles. The molecule has 0 radical (unpaired) electrons. The number of Topliss-reactive ketones (excluding diaryl/α,β-unsaturated/α-hetero) is 1. The molecule has 6 N–H and O–H groups in total. The van der Waals surface area contributed by atoms with Gasteiger partial charge in [0.05, 0.1) is 25.4 Å². The smallest absolute Gasteiger partial charge is 0.220 e. The lowest BCUT2D eigenvalue weighted by atomic mass is 9.99. The Labute approximate surface area is 520 Å². The number of hydrogen-bond donors (Lipinski definition) is 6. The Kier molecular flexibility index (Phi) is 60.6. The van der Waals surface area contributed by atoms with Crippen molar-refractivity contribution in [3.63, 3.8) is 0 Å². The van der Waals surface area contributed by atoms with Crippen molar-refractivity contribution in [1.29, 1.82) is 0 Å². The van der Waals surface area contributed by atoms with Gasteiger partial charge in [0.2, 0.25) is 5.91 Å². The van der Waals surface area contributed by atoms with Crippen molar-refractivity contribution in [1.82, 2.24) is 5.32 Å². The molecule has 10 nitrogen and oxygen atoms in total. The van der Waals surface area contributed by atoms with E-state index in [2.05, 4.69) is 19.2 Å². The summed E-state index contributed by atoms with van der Waals surface area (Å²) in [5.74, 6) is 0.338. The zero-order valence-electron chi connectivity index (χ0n) is 55.7. The monoisotopic (exact) mass is 1190 g/mol. The molecule has 498 valence electrons. The third kappa shape index (κ3) is 51.5. The van der Waals surface area contributed by atoms with Crippen molar-refractivity contribution >= 4 is 11.7 Å². The number of ketones is 1. The molecule has 1 fully saturated rings. The number of aliphatic hydroxyl groups is 5. The van der Waals surface area contributed by atoms with Gasteiger partial charge >= 0.3 is 0 Å². The highest BCUT2D eigenvalue weighted by molar-refractivity contribution is 5.78. The highest BCUT2D eigenvalue weighted by atomic mass is 16.7. The van der Waals surface area contributed by atoms with Crippen LogP contribution in [0, 0.1) is 0 Å². The van der Waals surface area contributed by atoms with Crippen LogP contribution in [-0.4, -0.2) is 93.3 Å².